The van der Waals surface area contributed by atoms with Crippen LogP contribution in [0.5, 0.6) is 0 Å². The van der Waals surface area contributed by atoms with Gasteiger partial charge in [0, 0.05) is 24.3 Å². The van der Waals surface area contributed by atoms with Crippen molar-refractivity contribution < 1.29 is 9.32 Å². The van der Waals surface area contributed by atoms with Crippen LogP contribution in [0.4, 0.5) is 5.69 Å². The molecule has 0 radical (unpaired) electrons. The molecule has 0 unspecified atom stereocenters. The molecule has 6 heteroatoms. The number of amides is 1. The molecule has 3 rings (SSSR count). The van der Waals surface area contributed by atoms with E-state index in [0.717, 1.165) is 30.6 Å². The standard InChI is InChI=1S/C14H16N4O2/c1-2-15-13(19)12-17-14(20-18-12)10-5-3-7-11-9(10)6-4-8-16-11/h3,5,7,16H,2,4,6,8H2,1H3,(H,15,19). The zero-order valence-electron chi connectivity index (χ0n) is 11.3. The first-order valence-electron chi connectivity index (χ1n) is 6.77. The van der Waals surface area contributed by atoms with Crippen molar-refractivity contribution in [2.45, 2.75) is 19.8 Å². The second kappa shape index (κ2) is 5.32. The monoisotopic (exact) mass is 272 g/mol. The molecular weight excluding hydrogens is 256 g/mol. The van der Waals surface area contributed by atoms with Gasteiger partial charge in [0.15, 0.2) is 0 Å². The van der Waals surface area contributed by atoms with E-state index in [0.29, 0.717) is 12.4 Å². The number of benzene rings is 1. The molecule has 1 aromatic carbocycles. The summed E-state index contributed by atoms with van der Waals surface area (Å²) in [7, 11) is 0. The Balaban J connectivity index is 1.96. The van der Waals surface area contributed by atoms with Crippen molar-refractivity contribution in [2.24, 2.45) is 0 Å². The largest absolute Gasteiger partial charge is 0.385 e. The molecule has 0 aliphatic carbocycles. The molecular formula is C14H16N4O2. The third-order valence-corrected chi connectivity index (χ3v) is 3.29. The Hall–Kier alpha value is -2.37. The average molecular weight is 272 g/mol. The highest BCUT2D eigenvalue weighted by atomic mass is 16.5. The lowest BCUT2D eigenvalue weighted by atomic mass is 9.97. The molecule has 2 aromatic rings. The van der Waals surface area contributed by atoms with Gasteiger partial charge < -0.3 is 15.2 Å². The predicted molar refractivity (Wildman–Crippen MR) is 74.6 cm³/mol. The van der Waals surface area contributed by atoms with Crippen LogP contribution in [0, 0.1) is 0 Å². The lowest BCUT2D eigenvalue weighted by Gasteiger charge is -2.19. The predicted octanol–water partition coefficient (Wildman–Crippen LogP) is 1.84. The fourth-order valence-electron chi connectivity index (χ4n) is 2.38. The van der Waals surface area contributed by atoms with Gasteiger partial charge in [-0.05, 0) is 37.5 Å². The first-order chi connectivity index (χ1) is 9.79. The summed E-state index contributed by atoms with van der Waals surface area (Å²) in [6.07, 6.45) is 2.04. The Morgan fingerprint density at radius 1 is 1.50 bits per heavy atom. The van der Waals surface area contributed by atoms with Gasteiger partial charge >= 0.3 is 0 Å². The van der Waals surface area contributed by atoms with Gasteiger partial charge in [-0.25, -0.2) is 0 Å². The van der Waals surface area contributed by atoms with E-state index in [9.17, 15) is 4.79 Å². The molecule has 1 aromatic heterocycles. The molecule has 0 spiro atoms. The summed E-state index contributed by atoms with van der Waals surface area (Å²) in [6.45, 7) is 3.36. The molecule has 2 N–H and O–H groups in total. The topological polar surface area (TPSA) is 80.0 Å². The van der Waals surface area contributed by atoms with Gasteiger partial charge in [0.2, 0.25) is 0 Å². The fourth-order valence-corrected chi connectivity index (χ4v) is 2.38. The number of aromatic nitrogens is 2. The molecule has 0 atom stereocenters. The summed E-state index contributed by atoms with van der Waals surface area (Å²) in [5, 5.41) is 9.75. The molecule has 104 valence electrons. The molecule has 1 aliphatic rings. The van der Waals surface area contributed by atoms with E-state index in [2.05, 4.69) is 20.8 Å². The van der Waals surface area contributed by atoms with E-state index in [1.807, 2.05) is 25.1 Å². The number of anilines is 1. The van der Waals surface area contributed by atoms with Crippen LogP contribution in [0.2, 0.25) is 0 Å². The van der Waals surface area contributed by atoms with Gasteiger partial charge in [-0.2, -0.15) is 4.98 Å². The van der Waals surface area contributed by atoms with Crippen molar-refractivity contribution in [3.05, 3.63) is 29.6 Å². The number of nitrogens with one attached hydrogen (secondary N) is 2. The van der Waals surface area contributed by atoms with Crippen molar-refractivity contribution in [1.29, 1.82) is 0 Å². The Labute approximate surface area is 116 Å². The van der Waals surface area contributed by atoms with Crippen molar-refractivity contribution in [3.63, 3.8) is 0 Å². The number of rotatable bonds is 3. The summed E-state index contributed by atoms with van der Waals surface area (Å²) in [4.78, 5) is 15.9. The summed E-state index contributed by atoms with van der Waals surface area (Å²) < 4.78 is 5.23. The normalized spacial score (nSPS) is 13.4. The Morgan fingerprint density at radius 2 is 2.40 bits per heavy atom. The van der Waals surface area contributed by atoms with Crippen LogP contribution < -0.4 is 10.6 Å². The zero-order chi connectivity index (χ0) is 13.9. The van der Waals surface area contributed by atoms with Crippen LogP contribution in [0.25, 0.3) is 11.5 Å². The van der Waals surface area contributed by atoms with Crippen molar-refractivity contribution in [1.82, 2.24) is 15.5 Å². The maximum absolute atomic E-state index is 11.7. The maximum atomic E-state index is 11.7. The Morgan fingerprint density at radius 3 is 3.25 bits per heavy atom. The third kappa shape index (κ3) is 2.24. The zero-order valence-corrected chi connectivity index (χ0v) is 11.3. The lowest BCUT2D eigenvalue weighted by molar-refractivity contribution is 0.0942. The molecule has 0 fully saturated rings. The highest BCUT2D eigenvalue weighted by Gasteiger charge is 2.20. The minimum absolute atomic E-state index is 0.0724. The fraction of sp³-hybridized carbons (Fsp3) is 0.357. The van der Waals surface area contributed by atoms with E-state index in [4.69, 9.17) is 4.52 Å². The van der Waals surface area contributed by atoms with Gasteiger partial charge in [0.1, 0.15) is 0 Å². The molecule has 0 bridgehead atoms. The summed E-state index contributed by atoms with van der Waals surface area (Å²) in [6, 6.07) is 5.93. The van der Waals surface area contributed by atoms with Gasteiger partial charge in [-0.1, -0.05) is 11.2 Å². The van der Waals surface area contributed by atoms with E-state index < -0.39 is 0 Å². The average Bonchev–Trinajstić information content (AvgIpc) is 2.97. The highest BCUT2D eigenvalue weighted by Crippen LogP contribution is 2.31. The molecule has 6 nitrogen and oxygen atoms in total. The Kier molecular flexibility index (Phi) is 3.37. The van der Waals surface area contributed by atoms with Crippen LogP contribution in [0.15, 0.2) is 22.7 Å². The van der Waals surface area contributed by atoms with Gasteiger partial charge in [-0.15, -0.1) is 0 Å². The van der Waals surface area contributed by atoms with E-state index >= 15 is 0 Å². The summed E-state index contributed by atoms with van der Waals surface area (Å²) in [5.74, 6) is 0.153. The minimum Gasteiger partial charge on any atom is -0.385 e. The van der Waals surface area contributed by atoms with E-state index in [1.54, 1.807) is 0 Å². The molecule has 1 aliphatic heterocycles. The summed E-state index contributed by atoms with van der Waals surface area (Å²) >= 11 is 0. The van der Waals surface area contributed by atoms with Crippen LogP contribution in [-0.4, -0.2) is 29.1 Å². The first kappa shape index (κ1) is 12.7. The second-order valence-corrected chi connectivity index (χ2v) is 4.64. The van der Waals surface area contributed by atoms with Crippen molar-refractivity contribution in [2.75, 3.05) is 18.4 Å². The number of nitrogens with zero attached hydrogens (tertiary/aromatic N) is 2. The van der Waals surface area contributed by atoms with Crippen molar-refractivity contribution >= 4 is 11.6 Å². The summed E-state index contributed by atoms with van der Waals surface area (Å²) in [5.41, 5.74) is 3.18. The number of hydrogen-bond acceptors (Lipinski definition) is 5. The van der Waals surface area contributed by atoms with E-state index in [1.165, 1.54) is 5.56 Å². The molecule has 1 amide bonds. The smallest absolute Gasteiger partial charge is 0.292 e. The molecule has 20 heavy (non-hydrogen) atoms. The first-order valence-corrected chi connectivity index (χ1v) is 6.77. The molecule has 0 saturated carbocycles. The van der Waals surface area contributed by atoms with Gasteiger partial charge in [-0.3, -0.25) is 4.79 Å². The number of carbonyl (C=O) groups excluding carboxylic acids is 1. The van der Waals surface area contributed by atoms with Gasteiger partial charge in [0.25, 0.3) is 17.6 Å². The number of fused-ring (bicyclic) bond motifs is 1. The van der Waals surface area contributed by atoms with Crippen molar-refractivity contribution in [3.8, 4) is 11.5 Å². The molecule has 2 heterocycles. The van der Waals surface area contributed by atoms with Crippen LogP contribution in [0.3, 0.4) is 0 Å². The molecule has 0 saturated heterocycles. The highest BCUT2D eigenvalue weighted by molar-refractivity contribution is 5.90. The number of carbonyl (C=O) groups is 1. The van der Waals surface area contributed by atoms with Crippen LogP contribution in [-0.2, 0) is 6.42 Å². The third-order valence-electron chi connectivity index (χ3n) is 3.29. The quantitative estimate of drug-likeness (QED) is 0.891. The number of hydrogen-bond donors (Lipinski definition) is 2. The SMILES string of the molecule is CCNC(=O)c1noc(-c2cccc3c2CCCN3)n1. The van der Waals surface area contributed by atoms with Crippen LogP contribution in [0.1, 0.15) is 29.5 Å². The van der Waals surface area contributed by atoms with Crippen LogP contribution >= 0.6 is 0 Å². The Bertz CT molecular complexity index is 636. The second-order valence-electron chi connectivity index (χ2n) is 4.64. The lowest BCUT2D eigenvalue weighted by Crippen LogP contribution is -2.23. The maximum Gasteiger partial charge on any atom is 0.292 e. The minimum atomic E-state index is -0.314. The van der Waals surface area contributed by atoms with Gasteiger partial charge in [0.05, 0.1) is 0 Å². The van der Waals surface area contributed by atoms with E-state index in [-0.39, 0.29) is 11.7 Å².